The van der Waals surface area contributed by atoms with Gasteiger partial charge in [0.1, 0.15) is 72.6 Å². The number of hydrogen-bond acceptors (Lipinski definition) is 18. The number of ether oxygens (including phenoxy) is 6. The number of fused-ring (bicyclic) bond motifs is 6. The number of allylic oxidation sites excluding steroid dienone is 1. The van der Waals surface area contributed by atoms with Crippen LogP contribution in [0, 0.1) is 52.3 Å². The van der Waals surface area contributed by atoms with Gasteiger partial charge in [-0.3, -0.25) is 9.59 Å². The largest absolute Gasteiger partial charge is 0.394 e. The van der Waals surface area contributed by atoms with E-state index in [1.165, 1.54) is 12.5 Å². The predicted molar refractivity (Wildman–Crippen MR) is 220 cm³/mol. The van der Waals surface area contributed by atoms with Gasteiger partial charge >= 0.3 is 0 Å². The highest BCUT2D eigenvalue weighted by molar-refractivity contribution is 5.92. The zero-order chi connectivity index (χ0) is 46.4. The molecule has 13 unspecified atom stereocenters. The minimum atomic E-state index is -1.76. The van der Waals surface area contributed by atoms with Crippen molar-refractivity contribution in [2.75, 3.05) is 19.8 Å². The van der Waals surface area contributed by atoms with Crippen LogP contribution in [-0.4, -0.2) is 180 Å². The van der Waals surface area contributed by atoms with Crippen LogP contribution in [0.25, 0.3) is 0 Å². The van der Waals surface area contributed by atoms with Gasteiger partial charge in [0.15, 0.2) is 12.6 Å². The molecule has 3 heterocycles. The molecule has 3 saturated heterocycles. The molecule has 364 valence electrons. The highest BCUT2D eigenvalue weighted by Gasteiger charge is 2.76. The summed E-state index contributed by atoms with van der Waals surface area (Å²) in [7, 11) is 0. The van der Waals surface area contributed by atoms with E-state index in [2.05, 4.69) is 19.9 Å². The molecule has 18 nitrogen and oxygen atoms in total. The summed E-state index contributed by atoms with van der Waals surface area (Å²) in [6, 6.07) is 0. The Balaban J connectivity index is 0.888. The van der Waals surface area contributed by atoms with Crippen molar-refractivity contribution in [3.05, 3.63) is 11.6 Å². The van der Waals surface area contributed by atoms with E-state index in [1.807, 2.05) is 13.8 Å². The zero-order valence-electron chi connectivity index (χ0n) is 37.5. The quantitative estimate of drug-likeness (QED) is 0.0957. The van der Waals surface area contributed by atoms with E-state index in [1.54, 1.807) is 0 Å². The fourth-order valence-corrected chi connectivity index (χ4v) is 13.4. The van der Waals surface area contributed by atoms with Gasteiger partial charge in [-0.15, -0.1) is 0 Å². The smallest absolute Gasteiger partial charge is 0.204 e. The fraction of sp³-hybridized carbons (Fsp3) is 0.913. The van der Waals surface area contributed by atoms with Crippen molar-refractivity contribution in [3.63, 3.8) is 0 Å². The number of ketones is 2. The number of carbonyl (C=O) groups excluding carboxylic acids is 2. The van der Waals surface area contributed by atoms with Crippen molar-refractivity contribution in [1.29, 1.82) is 0 Å². The number of hydrogen-bond donors (Lipinski definition) is 10. The van der Waals surface area contributed by atoms with Crippen molar-refractivity contribution in [2.24, 2.45) is 52.3 Å². The van der Waals surface area contributed by atoms with Crippen LogP contribution in [0.15, 0.2) is 11.6 Å². The molecule has 10 N–H and O–H groups in total. The Bertz CT molecular complexity index is 1730. The summed E-state index contributed by atoms with van der Waals surface area (Å²) in [5, 5.41) is 104. The number of aliphatic hydroxyl groups excluding tert-OH is 10. The van der Waals surface area contributed by atoms with Gasteiger partial charge in [0.05, 0.1) is 44.1 Å². The van der Waals surface area contributed by atoms with Crippen molar-refractivity contribution < 1.29 is 89.1 Å². The Morgan fingerprint density at radius 3 is 2.19 bits per heavy atom. The van der Waals surface area contributed by atoms with Gasteiger partial charge in [-0.1, -0.05) is 39.3 Å². The molecule has 8 aliphatic rings. The van der Waals surface area contributed by atoms with Gasteiger partial charge in [-0.2, -0.15) is 0 Å². The second-order valence-electron chi connectivity index (χ2n) is 21.2. The molecule has 0 aromatic rings. The minimum absolute atomic E-state index is 0.0186. The molecule has 7 fully saturated rings. The first-order valence-corrected chi connectivity index (χ1v) is 23.6. The molecule has 4 saturated carbocycles. The third-order valence-corrected chi connectivity index (χ3v) is 17.4. The van der Waals surface area contributed by atoms with Gasteiger partial charge < -0.3 is 79.5 Å². The first kappa shape index (κ1) is 48.9. The van der Waals surface area contributed by atoms with Gasteiger partial charge in [0.2, 0.25) is 5.79 Å². The molecule has 0 aromatic carbocycles. The van der Waals surface area contributed by atoms with Crippen molar-refractivity contribution >= 4 is 11.6 Å². The molecule has 25 atom stereocenters. The second kappa shape index (κ2) is 18.4. The van der Waals surface area contributed by atoms with Gasteiger partial charge in [-0.25, -0.2) is 0 Å². The van der Waals surface area contributed by atoms with Gasteiger partial charge in [-0.05, 0) is 86.4 Å². The number of aliphatic hydroxyl groups is 10. The molecule has 0 aromatic heterocycles. The molecule has 18 heteroatoms. The molecule has 64 heavy (non-hydrogen) atoms. The van der Waals surface area contributed by atoms with Gasteiger partial charge in [0.25, 0.3) is 0 Å². The summed E-state index contributed by atoms with van der Waals surface area (Å²) in [6.45, 7) is 8.77. The molecule has 0 radical (unpaired) electrons. The highest BCUT2D eigenvalue weighted by atomic mass is 16.8. The predicted octanol–water partition coefficient (Wildman–Crippen LogP) is -0.781. The molecule has 8 rings (SSSR count). The molecule has 0 spiro atoms. The van der Waals surface area contributed by atoms with E-state index in [9.17, 15) is 60.7 Å². The third-order valence-electron chi connectivity index (χ3n) is 17.4. The molecule has 3 aliphatic heterocycles. The standard InChI is InChI=1S/C46H72O18/c1-19(18-59-42-39(57)37(55)34(52)29(16-47)61-42)6-9-27(49)20(2)31-28(50)15-26-24-8-7-22-14-23(10-12-44(22,4)25(24)11-13-45(26,31)5)60-43-40(38(56)35(53)30(17-48)62-43)64-46-32(41(46)58)36(54)33(51)21(3)63-46/h7,19-21,23-26,29-43,47-48,51-58H,6,8-18H2,1-5H3/t19-,20-,21?,23?,24-,25+,26+,29?,30?,31?,32?,33+,34-,35-,36?,37?,38?,39?,40?,41?,42-,43-,44+,45+,46?/m1/s1. The normalized spacial score (nSPS) is 52.1. The SMILES string of the molecule is CC1OC2(OC3C(O)[C@H](O)C(CO)O[C@H]3OC3CC[C@@]4(C)C(=CC[C@@H]5[C@@H]4CC[C@]4(C)C([C@H](C)C(=O)CC[C@@H](C)CO[C@@H]6OC(CO)[C@@H](O)C(O)C6O)C(=O)C[C@@H]54)C3)C(O)C2C(O)[C@H]1O. The lowest BCUT2D eigenvalue weighted by Gasteiger charge is -2.58. The highest BCUT2D eigenvalue weighted by Crippen LogP contribution is 2.67. The Kier molecular flexibility index (Phi) is 14.1. The first-order valence-electron chi connectivity index (χ1n) is 23.6. The average Bonchev–Trinajstić information content (AvgIpc) is 3.73. The Labute approximate surface area is 373 Å². The minimum Gasteiger partial charge on any atom is -0.394 e. The van der Waals surface area contributed by atoms with Crippen LogP contribution in [-0.2, 0) is 38.0 Å². The molecule has 0 bridgehead atoms. The van der Waals surface area contributed by atoms with Crippen molar-refractivity contribution in [2.45, 2.75) is 190 Å². The van der Waals surface area contributed by atoms with E-state index < -0.39 is 123 Å². The molecule has 0 amide bonds. The lowest BCUT2D eigenvalue weighted by molar-refractivity contribution is -0.366. The lowest BCUT2D eigenvalue weighted by atomic mass is 9.47. The topological polar surface area (TPSA) is 292 Å². The van der Waals surface area contributed by atoms with Crippen LogP contribution >= 0.6 is 0 Å². The van der Waals surface area contributed by atoms with Crippen LogP contribution < -0.4 is 0 Å². The summed E-state index contributed by atoms with van der Waals surface area (Å²) in [5.74, 6) is -2.89. The van der Waals surface area contributed by atoms with Gasteiger partial charge in [0, 0.05) is 24.7 Å². The van der Waals surface area contributed by atoms with E-state index in [4.69, 9.17) is 28.4 Å². The second-order valence-corrected chi connectivity index (χ2v) is 21.2. The van der Waals surface area contributed by atoms with Crippen molar-refractivity contribution in [1.82, 2.24) is 0 Å². The van der Waals surface area contributed by atoms with E-state index in [0.29, 0.717) is 31.6 Å². The summed E-state index contributed by atoms with van der Waals surface area (Å²) in [5.41, 5.74) is 0.741. The molecular weight excluding hydrogens is 840 g/mol. The summed E-state index contributed by atoms with van der Waals surface area (Å²) in [6.07, 6.45) is -11.1. The Hall–Kier alpha value is -1.56. The number of Topliss-reactive ketones (excluding diaryl/α,β-unsaturated/α-hetero) is 2. The third kappa shape index (κ3) is 8.19. The van der Waals surface area contributed by atoms with E-state index in [-0.39, 0.29) is 59.3 Å². The van der Waals surface area contributed by atoms with Crippen LogP contribution in [0.2, 0.25) is 0 Å². The van der Waals surface area contributed by atoms with E-state index >= 15 is 0 Å². The van der Waals surface area contributed by atoms with Crippen LogP contribution in [0.4, 0.5) is 0 Å². The molecular formula is C46H72O18. The van der Waals surface area contributed by atoms with Crippen LogP contribution in [0.5, 0.6) is 0 Å². The Morgan fingerprint density at radius 2 is 1.50 bits per heavy atom. The average molecular weight is 913 g/mol. The lowest BCUT2D eigenvalue weighted by Crippen LogP contribution is -2.63. The maximum atomic E-state index is 14.0. The van der Waals surface area contributed by atoms with E-state index in [0.717, 1.165) is 25.7 Å². The number of carbonyl (C=O) groups is 2. The summed E-state index contributed by atoms with van der Waals surface area (Å²) in [4.78, 5) is 27.8. The summed E-state index contributed by atoms with van der Waals surface area (Å²) >= 11 is 0. The monoisotopic (exact) mass is 912 g/mol. The van der Waals surface area contributed by atoms with Crippen LogP contribution in [0.1, 0.15) is 92.4 Å². The first-order chi connectivity index (χ1) is 30.2. The number of rotatable bonds is 14. The van der Waals surface area contributed by atoms with Crippen molar-refractivity contribution in [3.8, 4) is 0 Å². The maximum Gasteiger partial charge on any atom is 0.204 e. The maximum absolute atomic E-state index is 14.0. The molecule has 5 aliphatic carbocycles. The fourth-order valence-electron chi connectivity index (χ4n) is 13.4. The van der Waals surface area contributed by atoms with Crippen LogP contribution in [0.3, 0.4) is 0 Å². The summed E-state index contributed by atoms with van der Waals surface area (Å²) < 4.78 is 35.8. The Morgan fingerprint density at radius 1 is 0.828 bits per heavy atom. The zero-order valence-corrected chi connectivity index (χ0v) is 37.5.